The third-order valence-electron chi connectivity index (χ3n) is 4.32. The largest absolute Gasteiger partial charge is 0.405 e. The van der Waals surface area contributed by atoms with E-state index in [1.54, 1.807) is 36.4 Å². The molecule has 31 heavy (non-hydrogen) atoms. The molecule has 2 rings (SSSR count). The Morgan fingerprint density at radius 1 is 1.19 bits per heavy atom. The summed E-state index contributed by atoms with van der Waals surface area (Å²) in [6.07, 6.45) is 1.72. The Labute approximate surface area is 181 Å². The number of hydrogen-bond donors (Lipinski definition) is 6. The number of aliphatic hydroxyl groups is 1. The van der Waals surface area contributed by atoms with Gasteiger partial charge in [0.25, 0.3) is 0 Å². The number of hydrogen-bond acceptors (Lipinski definition) is 7. The Hall–Kier alpha value is -3.05. The smallest absolute Gasteiger partial charge is 0.241 e. The van der Waals surface area contributed by atoms with Gasteiger partial charge in [-0.3, -0.25) is 10.1 Å². The molecule has 0 saturated heterocycles. The van der Waals surface area contributed by atoms with E-state index < -0.39 is 28.7 Å². The first-order chi connectivity index (χ1) is 14.7. The van der Waals surface area contributed by atoms with Crippen LogP contribution in [-0.2, 0) is 14.8 Å². The van der Waals surface area contributed by atoms with E-state index in [1.165, 1.54) is 24.4 Å². The molecule has 0 bridgehead atoms. The van der Waals surface area contributed by atoms with Crippen LogP contribution in [0.4, 0.5) is 0 Å². The maximum atomic E-state index is 12.2. The van der Waals surface area contributed by atoms with Gasteiger partial charge >= 0.3 is 0 Å². The third kappa shape index (κ3) is 7.61. The Morgan fingerprint density at radius 3 is 2.58 bits per heavy atom. The fourth-order valence-electron chi connectivity index (χ4n) is 2.62. The van der Waals surface area contributed by atoms with Gasteiger partial charge in [0.15, 0.2) is 0 Å². The fraction of sp³-hybridized carbons (Fsp3) is 0.238. The predicted octanol–water partition coefficient (Wildman–Crippen LogP) is 0.510. The van der Waals surface area contributed by atoms with Crippen LogP contribution in [0, 0.1) is 12.3 Å². The lowest BCUT2D eigenvalue weighted by Crippen LogP contribution is -2.40. The van der Waals surface area contributed by atoms with Crippen LogP contribution in [0.15, 0.2) is 65.7 Å². The van der Waals surface area contributed by atoms with Crippen LogP contribution in [0.5, 0.6) is 0 Å². The summed E-state index contributed by atoms with van der Waals surface area (Å²) in [5, 5.41) is 23.5. The number of nitrogens with two attached hydrogens (primary N) is 1. The van der Waals surface area contributed by atoms with Crippen molar-refractivity contribution >= 4 is 21.6 Å². The number of aliphatic hydroxyl groups excluding tert-OH is 1. The Balaban J connectivity index is 1.76. The van der Waals surface area contributed by atoms with Crippen LogP contribution in [0.1, 0.15) is 22.9 Å². The number of carbonyl (C=O) groups is 1. The molecule has 0 saturated carbocycles. The molecule has 1 unspecified atom stereocenters. The maximum Gasteiger partial charge on any atom is 0.241 e. The van der Waals surface area contributed by atoms with Gasteiger partial charge in [0.1, 0.15) is 6.23 Å². The SMILES string of the molecule is Cc1ccc(S(=O)(=O)NCC(=O)NCCNC(O)c2cccc(C(=N)/C=C\N)c2)cc1. The molecule has 0 aliphatic rings. The number of allylic oxidation sites excluding steroid dienone is 1. The maximum absolute atomic E-state index is 12.2. The van der Waals surface area contributed by atoms with E-state index in [0.29, 0.717) is 11.1 Å². The first kappa shape index (κ1) is 24.2. The van der Waals surface area contributed by atoms with E-state index in [0.717, 1.165) is 5.56 Å². The molecule has 1 atom stereocenters. The summed E-state index contributed by atoms with van der Waals surface area (Å²) in [6.45, 7) is 1.90. The van der Waals surface area contributed by atoms with E-state index in [1.807, 2.05) is 6.92 Å². The zero-order valence-corrected chi connectivity index (χ0v) is 17.9. The normalized spacial score (nSPS) is 12.6. The molecule has 166 valence electrons. The molecule has 9 nitrogen and oxygen atoms in total. The van der Waals surface area contributed by atoms with Crippen LogP contribution in [0.25, 0.3) is 0 Å². The van der Waals surface area contributed by atoms with Gasteiger partial charge in [-0.15, -0.1) is 0 Å². The highest BCUT2D eigenvalue weighted by atomic mass is 32.2. The summed E-state index contributed by atoms with van der Waals surface area (Å²) in [5.74, 6) is -0.490. The number of nitrogens with one attached hydrogen (secondary N) is 4. The van der Waals surface area contributed by atoms with Crippen molar-refractivity contribution in [3.63, 3.8) is 0 Å². The fourth-order valence-corrected chi connectivity index (χ4v) is 3.60. The molecule has 0 aliphatic carbocycles. The van der Waals surface area contributed by atoms with Crippen LogP contribution in [0.2, 0.25) is 0 Å². The number of carbonyl (C=O) groups excluding carboxylic acids is 1. The van der Waals surface area contributed by atoms with Crippen molar-refractivity contribution in [3.05, 3.63) is 77.5 Å². The molecular formula is C21H27N5O4S. The number of rotatable bonds is 11. The second-order valence-electron chi connectivity index (χ2n) is 6.74. The zero-order chi connectivity index (χ0) is 22.9. The van der Waals surface area contributed by atoms with E-state index in [-0.39, 0.29) is 23.7 Å². The van der Waals surface area contributed by atoms with E-state index in [2.05, 4.69) is 15.4 Å². The molecular weight excluding hydrogens is 418 g/mol. The minimum atomic E-state index is -3.76. The van der Waals surface area contributed by atoms with E-state index in [4.69, 9.17) is 11.1 Å². The topological polar surface area (TPSA) is 157 Å². The molecule has 0 radical (unpaired) electrons. The van der Waals surface area contributed by atoms with Crippen molar-refractivity contribution in [1.29, 1.82) is 5.41 Å². The van der Waals surface area contributed by atoms with Crippen LogP contribution in [-0.4, -0.2) is 44.8 Å². The molecule has 10 heteroatoms. The minimum absolute atomic E-state index is 0.0907. The van der Waals surface area contributed by atoms with Crippen molar-refractivity contribution in [1.82, 2.24) is 15.4 Å². The van der Waals surface area contributed by atoms with Crippen molar-refractivity contribution in [2.75, 3.05) is 19.6 Å². The lowest BCUT2D eigenvalue weighted by molar-refractivity contribution is -0.119. The van der Waals surface area contributed by atoms with E-state index >= 15 is 0 Å². The molecule has 1 amide bonds. The van der Waals surface area contributed by atoms with Gasteiger partial charge in [-0.2, -0.15) is 0 Å². The molecule has 0 spiro atoms. The Morgan fingerprint density at radius 2 is 1.90 bits per heavy atom. The van der Waals surface area contributed by atoms with Crippen molar-refractivity contribution in [2.45, 2.75) is 18.0 Å². The highest BCUT2D eigenvalue weighted by Gasteiger charge is 2.15. The first-order valence-corrected chi connectivity index (χ1v) is 11.0. The molecule has 2 aromatic carbocycles. The summed E-state index contributed by atoms with van der Waals surface area (Å²) >= 11 is 0. The van der Waals surface area contributed by atoms with Gasteiger partial charge in [0.05, 0.1) is 17.2 Å². The van der Waals surface area contributed by atoms with Crippen LogP contribution in [0.3, 0.4) is 0 Å². The number of sulfonamides is 1. The van der Waals surface area contributed by atoms with Gasteiger partial charge in [-0.05, 0) is 48.5 Å². The molecule has 0 fully saturated rings. The lowest BCUT2D eigenvalue weighted by atomic mass is 10.1. The standard InChI is InChI=1S/C21H27N5O4S/c1-15-5-7-18(8-6-15)31(29,30)26-14-20(27)24-11-12-25-21(28)17-4-2-3-16(13-17)19(23)9-10-22/h2-10,13,21,23,25-26,28H,11-12,14,22H2,1H3,(H,24,27)/b10-9-,23-19?. The van der Waals surface area contributed by atoms with Gasteiger partial charge in [0, 0.05) is 13.1 Å². The summed E-state index contributed by atoms with van der Waals surface area (Å²) in [6, 6.07) is 13.1. The number of amides is 1. The van der Waals surface area contributed by atoms with Gasteiger partial charge in [-0.25, -0.2) is 13.1 Å². The van der Waals surface area contributed by atoms with Gasteiger partial charge in [-0.1, -0.05) is 35.9 Å². The minimum Gasteiger partial charge on any atom is -0.405 e. The Bertz CT molecular complexity index is 1040. The Kier molecular flexibility index (Phi) is 8.88. The van der Waals surface area contributed by atoms with E-state index in [9.17, 15) is 18.3 Å². The summed E-state index contributed by atoms with van der Waals surface area (Å²) < 4.78 is 26.6. The quantitative estimate of drug-likeness (QED) is 0.168. The summed E-state index contributed by atoms with van der Waals surface area (Å²) in [7, 11) is -3.76. The van der Waals surface area contributed by atoms with Gasteiger partial charge < -0.3 is 21.6 Å². The molecule has 2 aromatic rings. The average Bonchev–Trinajstić information content (AvgIpc) is 2.76. The molecule has 7 N–H and O–H groups in total. The third-order valence-corrected chi connectivity index (χ3v) is 5.73. The highest BCUT2D eigenvalue weighted by Crippen LogP contribution is 2.13. The summed E-state index contributed by atoms with van der Waals surface area (Å²) in [5.41, 5.74) is 7.61. The van der Waals surface area contributed by atoms with Crippen LogP contribution >= 0.6 is 0 Å². The second kappa shape index (κ2) is 11.4. The van der Waals surface area contributed by atoms with Crippen molar-refractivity contribution < 1.29 is 18.3 Å². The predicted molar refractivity (Wildman–Crippen MR) is 119 cm³/mol. The van der Waals surface area contributed by atoms with Crippen LogP contribution < -0.4 is 21.1 Å². The molecule has 0 aromatic heterocycles. The second-order valence-corrected chi connectivity index (χ2v) is 8.51. The molecule has 0 heterocycles. The highest BCUT2D eigenvalue weighted by molar-refractivity contribution is 7.89. The first-order valence-electron chi connectivity index (χ1n) is 9.54. The zero-order valence-electron chi connectivity index (χ0n) is 17.1. The van der Waals surface area contributed by atoms with Crippen molar-refractivity contribution in [3.8, 4) is 0 Å². The monoisotopic (exact) mass is 445 g/mol. The van der Waals surface area contributed by atoms with Gasteiger partial charge in [0.2, 0.25) is 15.9 Å². The average molecular weight is 446 g/mol. The summed E-state index contributed by atoms with van der Waals surface area (Å²) in [4.78, 5) is 12.0. The lowest BCUT2D eigenvalue weighted by Gasteiger charge is -2.14. The van der Waals surface area contributed by atoms with Crippen molar-refractivity contribution in [2.24, 2.45) is 5.73 Å². The molecule has 0 aliphatic heterocycles. The number of benzene rings is 2. The number of aryl methyl sites for hydroxylation is 1.